The minimum absolute atomic E-state index is 0.0988. The molecule has 0 bridgehead atoms. The summed E-state index contributed by atoms with van der Waals surface area (Å²) >= 11 is 0. The van der Waals surface area contributed by atoms with Gasteiger partial charge in [0.15, 0.2) is 5.84 Å². The van der Waals surface area contributed by atoms with Crippen molar-refractivity contribution in [1.29, 1.82) is 0 Å². The van der Waals surface area contributed by atoms with Gasteiger partial charge in [-0.05, 0) is 19.3 Å². The van der Waals surface area contributed by atoms with E-state index in [1.807, 2.05) is 6.92 Å². The second kappa shape index (κ2) is 9.60. The molecule has 0 heterocycles. The van der Waals surface area contributed by atoms with Gasteiger partial charge < -0.3 is 21.0 Å². The van der Waals surface area contributed by atoms with Crippen molar-refractivity contribution >= 4 is 11.7 Å². The number of oxime groups is 1. The van der Waals surface area contributed by atoms with Gasteiger partial charge in [0.25, 0.3) is 0 Å². The lowest BCUT2D eigenvalue weighted by Gasteiger charge is -2.35. The van der Waals surface area contributed by atoms with E-state index in [9.17, 15) is 4.79 Å². The SMILES string of the molecule is CCCOCCC(=O)NC1(C(N)=NO)CCCCCCC1. The number of nitrogens with two attached hydrogens (primary N) is 1. The summed E-state index contributed by atoms with van der Waals surface area (Å²) < 4.78 is 5.34. The van der Waals surface area contributed by atoms with E-state index in [1.165, 1.54) is 6.42 Å². The molecule has 0 unspecified atom stereocenters. The maximum atomic E-state index is 12.1. The van der Waals surface area contributed by atoms with Gasteiger partial charge in [0.05, 0.1) is 6.61 Å². The van der Waals surface area contributed by atoms with E-state index >= 15 is 0 Å². The molecule has 1 aliphatic rings. The Morgan fingerprint density at radius 2 is 1.86 bits per heavy atom. The number of ether oxygens (including phenoxy) is 1. The van der Waals surface area contributed by atoms with E-state index in [0.29, 0.717) is 19.6 Å². The summed E-state index contributed by atoms with van der Waals surface area (Å²) in [4.78, 5) is 12.1. The molecular formula is C15H29N3O3. The first kappa shape index (κ1) is 17.8. The second-order valence-corrected chi connectivity index (χ2v) is 5.75. The molecule has 4 N–H and O–H groups in total. The zero-order chi connectivity index (χ0) is 15.6. The lowest BCUT2D eigenvalue weighted by atomic mass is 9.82. The standard InChI is InChI=1S/C15H29N3O3/c1-2-11-21-12-8-13(19)17-15(14(16)18-20)9-6-4-3-5-7-10-15/h20H,2-12H2,1H3,(H2,16,18)(H,17,19). The molecule has 21 heavy (non-hydrogen) atoms. The van der Waals surface area contributed by atoms with Crippen molar-refractivity contribution < 1.29 is 14.7 Å². The van der Waals surface area contributed by atoms with Crippen molar-refractivity contribution in [1.82, 2.24) is 5.32 Å². The number of amides is 1. The van der Waals surface area contributed by atoms with Crippen molar-refractivity contribution in [3.05, 3.63) is 0 Å². The van der Waals surface area contributed by atoms with Crippen LogP contribution in [0.25, 0.3) is 0 Å². The lowest BCUT2D eigenvalue weighted by Crippen LogP contribution is -2.58. The van der Waals surface area contributed by atoms with Crippen molar-refractivity contribution in [2.75, 3.05) is 13.2 Å². The predicted molar refractivity (Wildman–Crippen MR) is 82.3 cm³/mol. The van der Waals surface area contributed by atoms with Gasteiger partial charge in [-0.1, -0.05) is 44.2 Å². The molecule has 0 saturated heterocycles. The third kappa shape index (κ3) is 5.91. The van der Waals surface area contributed by atoms with Crippen LogP contribution in [-0.2, 0) is 9.53 Å². The molecule has 122 valence electrons. The summed E-state index contributed by atoms with van der Waals surface area (Å²) in [6.45, 7) is 3.10. The minimum atomic E-state index is -0.697. The molecule has 1 amide bonds. The van der Waals surface area contributed by atoms with Gasteiger partial charge in [-0.25, -0.2) is 0 Å². The van der Waals surface area contributed by atoms with Crippen LogP contribution in [0.5, 0.6) is 0 Å². The smallest absolute Gasteiger partial charge is 0.223 e. The van der Waals surface area contributed by atoms with Gasteiger partial charge in [0.2, 0.25) is 5.91 Å². The first-order chi connectivity index (χ1) is 10.1. The zero-order valence-electron chi connectivity index (χ0n) is 13.1. The van der Waals surface area contributed by atoms with Crippen molar-refractivity contribution in [2.24, 2.45) is 10.9 Å². The molecule has 6 heteroatoms. The molecule has 6 nitrogen and oxygen atoms in total. The number of nitrogens with zero attached hydrogens (tertiary/aromatic N) is 1. The van der Waals surface area contributed by atoms with Crippen molar-refractivity contribution in [3.63, 3.8) is 0 Å². The van der Waals surface area contributed by atoms with Crippen LogP contribution in [-0.4, -0.2) is 35.7 Å². The van der Waals surface area contributed by atoms with Gasteiger partial charge in [-0.2, -0.15) is 0 Å². The fourth-order valence-electron chi connectivity index (χ4n) is 2.79. The van der Waals surface area contributed by atoms with Crippen LogP contribution in [0.2, 0.25) is 0 Å². The third-order valence-electron chi connectivity index (χ3n) is 4.01. The Balaban J connectivity index is 2.61. The molecule has 0 aromatic rings. The first-order valence-corrected chi connectivity index (χ1v) is 8.01. The largest absolute Gasteiger partial charge is 0.409 e. The number of hydrogen-bond donors (Lipinski definition) is 3. The van der Waals surface area contributed by atoms with Crippen LogP contribution in [0, 0.1) is 0 Å². The highest BCUT2D eigenvalue weighted by atomic mass is 16.5. The van der Waals surface area contributed by atoms with E-state index in [4.69, 9.17) is 15.7 Å². The summed E-state index contributed by atoms with van der Waals surface area (Å²) in [6.07, 6.45) is 8.10. The number of carbonyl (C=O) groups excluding carboxylic acids is 1. The van der Waals surface area contributed by atoms with Gasteiger partial charge in [-0.15, -0.1) is 0 Å². The summed E-state index contributed by atoms with van der Waals surface area (Å²) in [6, 6.07) is 0. The summed E-state index contributed by atoms with van der Waals surface area (Å²) in [5.41, 5.74) is 5.18. The average molecular weight is 299 g/mol. The molecule has 1 saturated carbocycles. The fraction of sp³-hybridized carbons (Fsp3) is 0.867. The molecule has 1 aliphatic carbocycles. The summed E-state index contributed by atoms with van der Waals surface area (Å²) in [5, 5.41) is 15.2. The monoisotopic (exact) mass is 299 g/mol. The van der Waals surface area contributed by atoms with Crippen LogP contribution in [0.4, 0.5) is 0 Å². The second-order valence-electron chi connectivity index (χ2n) is 5.75. The Labute approximate surface area is 127 Å². The highest BCUT2D eigenvalue weighted by Crippen LogP contribution is 2.27. The molecule has 0 aliphatic heterocycles. The highest BCUT2D eigenvalue weighted by Gasteiger charge is 2.36. The zero-order valence-corrected chi connectivity index (χ0v) is 13.1. The number of nitrogens with one attached hydrogen (secondary N) is 1. The quantitative estimate of drug-likeness (QED) is 0.221. The van der Waals surface area contributed by atoms with Crippen molar-refractivity contribution in [3.8, 4) is 0 Å². The number of rotatable bonds is 7. The number of amidine groups is 1. The van der Waals surface area contributed by atoms with Gasteiger partial charge in [-0.3, -0.25) is 4.79 Å². The molecule has 0 radical (unpaired) electrons. The normalized spacial score (nSPS) is 19.6. The van der Waals surface area contributed by atoms with Crippen LogP contribution < -0.4 is 11.1 Å². The summed E-state index contributed by atoms with van der Waals surface area (Å²) in [7, 11) is 0. The van der Waals surface area contributed by atoms with E-state index < -0.39 is 5.54 Å². The van der Waals surface area contributed by atoms with Crippen molar-refractivity contribution in [2.45, 2.75) is 70.3 Å². The molecule has 1 fully saturated rings. The molecule has 1 rings (SSSR count). The van der Waals surface area contributed by atoms with E-state index in [-0.39, 0.29) is 11.7 Å². The Morgan fingerprint density at radius 1 is 1.24 bits per heavy atom. The first-order valence-electron chi connectivity index (χ1n) is 8.01. The Kier molecular flexibility index (Phi) is 8.12. The fourth-order valence-corrected chi connectivity index (χ4v) is 2.79. The van der Waals surface area contributed by atoms with Crippen LogP contribution in [0.1, 0.15) is 64.7 Å². The average Bonchev–Trinajstić information content (AvgIpc) is 2.46. The van der Waals surface area contributed by atoms with E-state index in [1.54, 1.807) is 0 Å². The predicted octanol–water partition coefficient (Wildman–Crippen LogP) is 2.15. The van der Waals surface area contributed by atoms with Crippen LogP contribution >= 0.6 is 0 Å². The molecule has 0 aromatic carbocycles. The Hall–Kier alpha value is -1.30. The summed E-state index contributed by atoms with van der Waals surface area (Å²) in [5.74, 6) is 0.0190. The maximum Gasteiger partial charge on any atom is 0.223 e. The highest BCUT2D eigenvalue weighted by molar-refractivity contribution is 5.93. The van der Waals surface area contributed by atoms with Gasteiger partial charge in [0, 0.05) is 13.0 Å². The van der Waals surface area contributed by atoms with Crippen LogP contribution in [0.15, 0.2) is 5.16 Å². The van der Waals surface area contributed by atoms with Gasteiger partial charge >= 0.3 is 0 Å². The molecule has 0 spiro atoms. The van der Waals surface area contributed by atoms with Gasteiger partial charge in [0.1, 0.15) is 5.54 Å². The Bertz CT molecular complexity index is 337. The topological polar surface area (TPSA) is 96.9 Å². The molecule has 0 aromatic heterocycles. The third-order valence-corrected chi connectivity index (χ3v) is 4.01. The van der Waals surface area contributed by atoms with E-state index in [2.05, 4.69) is 10.5 Å². The number of hydrogen-bond acceptors (Lipinski definition) is 4. The van der Waals surface area contributed by atoms with E-state index in [0.717, 1.165) is 44.9 Å². The lowest BCUT2D eigenvalue weighted by molar-refractivity contribution is -0.123. The molecule has 0 atom stereocenters. The Morgan fingerprint density at radius 3 is 2.43 bits per heavy atom. The minimum Gasteiger partial charge on any atom is -0.409 e. The number of carbonyl (C=O) groups is 1. The van der Waals surface area contributed by atoms with Crippen LogP contribution in [0.3, 0.4) is 0 Å². The maximum absolute atomic E-state index is 12.1. The molecular weight excluding hydrogens is 270 g/mol.